The first-order chi connectivity index (χ1) is 13.2. The third-order valence-electron chi connectivity index (χ3n) is 5.89. The maximum absolute atomic E-state index is 12.9. The van der Waals surface area contributed by atoms with Gasteiger partial charge in [0, 0.05) is 18.0 Å². The Balaban J connectivity index is 1.49. The zero-order valence-corrected chi connectivity index (χ0v) is 17.1. The summed E-state index contributed by atoms with van der Waals surface area (Å²) in [6, 6.07) is 4.51. The first kappa shape index (κ1) is 20.2. The number of nitrogens with one attached hydrogen (secondary N) is 1. The third kappa shape index (κ3) is 5.47. The van der Waals surface area contributed by atoms with Gasteiger partial charge in [0.05, 0.1) is 18.6 Å². The summed E-state index contributed by atoms with van der Waals surface area (Å²) >= 11 is 1.75. The molecule has 0 bridgehead atoms. The summed E-state index contributed by atoms with van der Waals surface area (Å²) in [5.74, 6) is 0.459. The Morgan fingerprint density at radius 3 is 2.70 bits per heavy atom. The van der Waals surface area contributed by atoms with Gasteiger partial charge >= 0.3 is 12.0 Å². The molecule has 1 atom stereocenters. The SMILES string of the molecule is CCOC(=O)C1CCC(CNC(=O)N2CCCCC[C@H]2c2cccs2)CC1. The summed E-state index contributed by atoms with van der Waals surface area (Å²) in [6.07, 6.45) is 8.24. The highest BCUT2D eigenvalue weighted by Gasteiger charge is 2.30. The Kier molecular flexibility index (Phi) is 7.56. The topological polar surface area (TPSA) is 58.6 Å². The van der Waals surface area contributed by atoms with Crippen LogP contribution in [0.1, 0.15) is 69.2 Å². The molecule has 0 spiro atoms. The van der Waals surface area contributed by atoms with Gasteiger partial charge in [-0.2, -0.15) is 0 Å². The van der Waals surface area contributed by atoms with Crippen molar-refractivity contribution in [3.63, 3.8) is 0 Å². The van der Waals surface area contributed by atoms with E-state index in [1.165, 1.54) is 17.7 Å². The van der Waals surface area contributed by atoms with Crippen molar-refractivity contribution < 1.29 is 14.3 Å². The van der Waals surface area contributed by atoms with Crippen LogP contribution in [-0.2, 0) is 9.53 Å². The molecule has 1 saturated heterocycles. The zero-order valence-electron chi connectivity index (χ0n) is 16.3. The molecule has 1 aliphatic heterocycles. The van der Waals surface area contributed by atoms with Crippen molar-refractivity contribution in [1.29, 1.82) is 0 Å². The number of rotatable bonds is 5. The summed E-state index contributed by atoms with van der Waals surface area (Å²) < 4.78 is 5.14. The van der Waals surface area contributed by atoms with Crippen LogP contribution >= 0.6 is 11.3 Å². The van der Waals surface area contributed by atoms with Crippen molar-refractivity contribution in [3.8, 4) is 0 Å². The largest absolute Gasteiger partial charge is 0.466 e. The number of urea groups is 1. The van der Waals surface area contributed by atoms with Crippen molar-refractivity contribution in [2.45, 2.75) is 64.3 Å². The molecule has 1 saturated carbocycles. The van der Waals surface area contributed by atoms with Crippen LogP contribution in [0.3, 0.4) is 0 Å². The van der Waals surface area contributed by atoms with Crippen LogP contribution in [0.25, 0.3) is 0 Å². The highest BCUT2D eigenvalue weighted by atomic mass is 32.1. The maximum Gasteiger partial charge on any atom is 0.317 e. The summed E-state index contributed by atoms with van der Waals surface area (Å²) in [6.45, 7) is 3.85. The van der Waals surface area contributed by atoms with Crippen LogP contribution in [0.5, 0.6) is 0 Å². The Morgan fingerprint density at radius 1 is 1.19 bits per heavy atom. The Labute approximate surface area is 166 Å². The molecule has 27 heavy (non-hydrogen) atoms. The van der Waals surface area contributed by atoms with E-state index in [1.807, 2.05) is 11.8 Å². The van der Waals surface area contributed by atoms with E-state index in [0.717, 1.165) is 45.1 Å². The summed E-state index contributed by atoms with van der Waals surface area (Å²) in [5.41, 5.74) is 0. The lowest BCUT2D eigenvalue weighted by atomic mass is 9.82. The third-order valence-corrected chi connectivity index (χ3v) is 6.87. The van der Waals surface area contributed by atoms with Gasteiger partial charge in [0.25, 0.3) is 0 Å². The van der Waals surface area contributed by atoms with Gasteiger partial charge in [-0.15, -0.1) is 11.3 Å². The van der Waals surface area contributed by atoms with E-state index in [9.17, 15) is 9.59 Å². The molecule has 3 rings (SSSR count). The fourth-order valence-corrected chi connectivity index (χ4v) is 5.20. The average molecular weight is 393 g/mol. The van der Waals surface area contributed by atoms with E-state index in [4.69, 9.17) is 4.74 Å². The second-order valence-corrected chi connectivity index (χ2v) is 8.71. The quantitative estimate of drug-likeness (QED) is 0.736. The Morgan fingerprint density at radius 2 is 2.00 bits per heavy atom. The van der Waals surface area contributed by atoms with E-state index >= 15 is 0 Å². The fourth-order valence-electron chi connectivity index (χ4n) is 4.32. The van der Waals surface area contributed by atoms with Crippen LogP contribution in [0.15, 0.2) is 17.5 Å². The molecule has 0 aromatic carbocycles. The number of carbonyl (C=O) groups is 2. The van der Waals surface area contributed by atoms with Crippen LogP contribution in [0.4, 0.5) is 4.79 Å². The molecule has 2 aliphatic rings. The minimum Gasteiger partial charge on any atom is -0.466 e. The molecule has 150 valence electrons. The molecule has 2 amide bonds. The molecule has 0 unspecified atom stereocenters. The van der Waals surface area contributed by atoms with Gasteiger partial charge in [-0.1, -0.05) is 18.9 Å². The van der Waals surface area contributed by atoms with Crippen LogP contribution < -0.4 is 5.32 Å². The second kappa shape index (κ2) is 10.1. The molecule has 1 aliphatic carbocycles. The number of thiophene rings is 1. The van der Waals surface area contributed by atoms with Crippen molar-refractivity contribution in [3.05, 3.63) is 22.4 Å². The molecule has 2 heterocycles. The molecule has 1 N–H and O–H groups in total. The standard InChI is InChI=1S/C21H32N2O3S/c1-2-26-20(24)17-11-9-16(10-12-17)15-22-21(25)23-13-5-3-4-7-18(23)19-8-6-14-27-19/h6,8,14,16-18H,2-5,7,9-13,15H2,1H3,(H,22,25)/t16?,17?,18-/m0/s1. The van der Waals surface area contributed by atoms with Gasteiger partial charge in [-0.05, 0) is 62.8 Å². The molecule has 1 aromatic rings. The van der Waals surface area contributed by atoms with E-state index in [2.05, 4.69) is 22.8 Å². The highest BCUT2D eigenvalue weighted by Crippen LogP contribution is 2.33. The molecule has 1 aromatic heterocycles. The maximum atomic E-state index is 12.9. The predicted octanol–water partition coefficient (Wildman–Crippen LogP) is 4.74. The van der Waals surface area contributed by atoms with Crippen molar-refractivity contribution in [2.24, 2.45) is 11.8 Å². The van der Waals surface area contributed by atoms with Gasteiger partial charge < -0.3 is 15.0 Å². The lowest BCUT2D eigenvalue weighted by Crippen LogP contribution is -2.44. The number of hydrogen-bond donors (Lipinski definition) is 1. The monoisotopic (exact) mass is 392 g/mol. The highest BCUT2D eigenvalue weighted by molar-refractivity contribution is 7.10. The summed E-state index contributed by atoms with van der Waals surface area (Å²) in [7, 11) is 0. The molecule has 2 fully saturated rings. The number of likely N-dealkylation sites (tertiary alicyclic amines) is 1. The smallest absolute Gasteiger partial charge is 0.317 e. The van der Waals surface area contributed by atoms with Gasteiger partial charge in [0.2, 0.25) is 0 Å². The van der Waals surface area contributed by atoms with Crippen LogP contribution in [0.2, 0.25) is 0 Å². The number of hydrogen-bond acceptors (Lipinski definition) is 4. The Hall–Kier alpha value is -1.56. The van der Waals surface area contributed by atoms with Gasteiger partial charge in [0.1, 0.15) is 0 Å². The second-order valence-electron chi connectivity index (χ2n) is 7.73. The van der Waals surface area contributed by atoms with Gasteiger partial charge in [0.15, 0.2) is 0 Å². The van der Waals surface area contributed by atoms with Crippen molar-refractivity contribution >= 4 is 23.3 Å². The molecule has 5 nitrogen and oxygen atoms in total. The first-order valence-electron chi connectivity index (χ1n) is 10.4. The number of esters is 1. The van der Waals surface area contributed by atoms with E-state index in [1.54, 1.807) is 11.3 Å². The number of ether oxygens (including phenoxy) is 1. The van der Waals surface area contributed by atoms with E-state index < -0.39 is 0 Å². The molecule has 0 radical (unpaired) electrons. The minimum atomic E-state index is -0.0525. The lowest BCUT2D eigenvalue weighted by molar-refractivity contribution is -0.149. The summed E-state index contributed by atoms with van der Waals surface area (Å²) in [4.78, 5) is 28.1. The molecular weight excluding hydrogens is 360 g/mol. The number of nitrogens with zero attached hydrogens (tertiary/aromatic N) is 1. The van der Waals surface area contributed by atoms with Gasteiger partial charge in [-0.25, -0.2) is 4.79 Å². The first-order valence-corrected chi connectivity index (χ1v) is 11.3. The molecule has 6 heteroatoms. The predicted molar refractivity (Wildman–Crippen MR) is 108 cm³/mol. The van der Waals surface area contributed by atoms with Crippen LogP contribution in [-0.4, -0.2) is 36.6 Å². The lowest BCUT2D eigenvalue weighted by Gasteiger charge is -2.31. The van der Waals surface area contributed by atoms with E-state index in [0.29, 0.717) is 19.1 Å². The average Bonchev–Trinajstić information content (AvgIpc) is 3.11. The van der Waals surface area contributed by atoms with Crippen LogP contribution in [0, 0.1) is 11.8 Å². The zero-order chi connectivity index (χ0) is 19.1. The number of amides is 2. The number of carbonyl (C=O) groups excluding carboxylic acids is 2. The van der Waals surface area contributed by atoms with Crippen molar-refractivity contribution in [1.82, 2.24) is 10.2 Å². The fraction of sp³-hybridized carbons (Fsp3) is 0.714. The minimum absolute atomic E-state index is 0.0470. The van der Waals surface area contributed by atoms with E-state index in [-0.39, 0.29) is 24.0 Å². The Bertz CT molecular complexity index is 597. The normalized spacial score (nSPS) is 26.3. The van der Waals surface area contributed by atoms with Gasteiger partial charge in [-0.3, -0.25) is 4.79 Å². The summed E-state index contributed by atoms with van der Waals surface area (Å²) in [5, 5.41) is 5.28. The molecular formula is C21H32N2O3S. The van der Waals surface area contributed by atoms with Crippen molar-refractivity contribution in [2.75, 3.05) is 19.7 Å².